The Bertz CT molecular complexity index is 644. The number of hydrogen-bond acceptors (Lipinski definition) is 5. The molecule has 17 heavy (non-hydrogen) atoms. The molecular formula is C11H8N2O4. The normalized spacial score (nSPS) is 14.5. The van der Waals surface area contributed by atoms with Crippen LogP contribution in [0.25, 0.3) is 11.0 Å². The number of phenols is 1. The quantitative estimate of drug-likeness (QED) is 0.733. The van der Waals surface area contributed by atoms with Crippen LogP contribution in [0.1, 0.15) is 16.1 Å². The second-order valence-electron chi connectivity index (χ2n) is 3.83. The van der Waals surface area contributed by atoms with Crippen molar-refractivity contribution in [2.45, 2.75) is 6.42 Å². The van der Waals surface area contributed by atoms with Gasteiger partial charge in [-0.05, 0) is 11.2 Å². The number of fused-ring (bicyclic) bond motifs is 3. The zero-order valence-corrected chi connectivity index (χ0v) is 8.69. The summed E-state index contributed by atoms with van der Waals surface area (Å²) in [5, 5.41) is 15.4. The molecule has 1 aromatic heterocycles. The number of phenolic OH excluding ortho intramolecular Hbond substituents is 1. The van der Waals surface area contributed by atoms with Crippen LogP contribution >= 0.6 is 0 Å². The monoisotopic (exact) mass is 232 g/mol. The highest BCUT2D eigenvalue weighted by molar-refractivity contribution is 6.08. The van der Waals surface area contributed by atoms with Crippen LogP contribution in [-0.2, 0) is 6.42 Å². The van der Waals surface area contributed by atoms with E-state index >= 15 is 0 Å². The van der Waals surface area contributed by atoms with Gasteiger partial charge in [-0.3, -0.25) is 4.79 Å². The first kappa shape index (κ1) is 9.83. The molecule has 0 fully saturated rings. The summed E-state index contributed by atoms with van der Waals surface area (Å²) >= 11 is 0. The van der Waals surface area contributed by atoms with Crippen molar-refractivity contribution in [1.82, 2.24) is 5.32 Å². The lowest BCUT2D eigenvalue weighted by Crippen LogP contribution is -2.30. The van der Waals surface area contributed by atoms with E-state index in [1.807, 2.05) is 0 Å². The van der Waals surface area contributed by atoms with Crippen LogP contribution in [0.5, 0.6) is 5.75 Å². The predicted molar refractivity (Wildman–Crippen MR) is 59.4 cm³/mol. The van der Waals surface area contributed by atoms with E-state index in [0.29, 0.717) is 35.3 Å². The van der Waals surface area contributed by atoms with E-state index in [1.54, 1.807) is 0 Å². The van der Waals surface area contributed by atoms with Gasteiger partial charge in [0.1, 0.15) is 17.1 Å². The van der Waals surface area contributed by atoms with Gasteiger partial charge in [0.05, 0.1) is 5.56 Å². The molecule has 1 aromatic carbocycles. The summed E-state index contributed by atoms with van der Waals surface area (Å²) in [6.45, 7) is 0.524. The predicted octanol–water partition coefficient (Wildman–Crippen LogP) is 1.82. The number of amides is 1. The number of nitroso groups, excluding NO2 is 1. The summed E-state index contributed by atoms with van der Waals surface area (Å²) in [7, 11) is 0. The summed E-state index contributed by atoms with van der Waals surface area (Å²) < 4.78 is 5.49. The number of rotatable bonds is 1. The van der Waals surface area contributed by atoms with Crippen LogP contribution in [0.2, 0.25) is 0 Å². The maximum atomic E-state index is 11.7. The van der Waals surface area contributed by atoms with Crippen molar-refractivity contribution in [3.05, 3.63) is 28.4 Å². The van der Waals surface area contributed by atoms with Crippen LogP contribution in [0.3, 0.4) is 0 Å². The molecule has 0 atom stereocenters. The van der Waals surface area contributed by atoms with Crippen molar-refractivity contribution in [3.8, 4) is 5.75 Å². The van der Waals surface area contributed by atoms with E-state index in [-0.39, 0.29) is 17.3 Å². The van der Waals surface area contributed by atoms with Gasteiger partial charge < -0.3 is 14.8 Å². The van der Waals surface area contributed by atoms with Crippen molar-refractivity contribution >= 4 is 22.6 Å². The smallest absolute Gasteiger partial charge is 0.255 e. The number of aromatic hydroxyl groups is 1. The van der Waals surface area contributed by atoms with Gasteiger partial charge in [-0.15, -0.1) is 4.91 Å². The molecule has 3 rings (SSSR count). The lowest BCUT2D eigenvalue weighted by Gasteiger charge is -2.10. The van der Waals surface area contributed by atoms with Gasteiger partial charge in [0.15, 0.2) is 5.69 Å². The first-order valence-corrected chi connectivity index (χ1v) is 5.10. The second kappa shape index (κ2) is 3.31. The molecule has 1 aliphatic rings. The molecule has 0 radical (unpaired) electrons. The largest absolute Gasteiger partial charge is 0.506 e. The summed E-state index contributed by atoms with van der Waals surface area (Å²) in [6.07, 6.45) is 0.598. The average molecular weight is 232 g/mol. The maximum absolute atomic E-state index is 11.7. The van der Waals surface area contributed by atoms with Crippen LogP contribution in [-0.4, -0.2) is 17.6 Å². The molecule has 0 spiro atoms. The van der Waals surface area contributed by atoms with Gasteiger partial charge in [0.2, 0.25) is 0 Å². The number of nitrogens with zero attached hydrogens (tertiary/aromatic N) is 1. The van der Waals surface area contributed by atoms with E-state index in [2.05, 4.69) is 10.5 Å². The number of benzene rings is 1. The zero-order valence-electron chi connectivity index (χ0n) is 8.69. The van der Waals surface area contributed by atoms with Gasteiger partial charge in [-0.2, -0.15) is 0 Å². The highest BCUT2D eigenvalue weighted by atomic mass is 16.3. The van der Waals surface area contributed by atoms with E-state index in [1.165, 1.54) is 12.1 Å². The molecule has 2 N–H and O–H groups in total. The summed E-state index contributed by atoms with van der Waals surface area (Å²) in [5.41, 5.74) is 0.724. The minimum absolute atomic E-state index is 0.0935. The number of hydrogen-bond donors (Lipinski definition) is 2. The molecule has 0 aliphatic carbocycles. The molecule has 1 amide bonds. The number of nitrogens with one attached hydrogen (secondary N) is 1. The molecule has 2 aromatic rings. The van der Waals surface area contributed by atoms with Gasteiger partial charge in [-0.25, -0.2) is 0 Å². The van der Waals surface area contributed by atoms with Crippen LogP contribution in [0.4, 0.5) is 5.69 Å². The number of carbonyl (C=O) groups excluding carboxylic acids is 1. The minimum Gasteiger partial charge on any atom is -0.506 e. The second-order valence-corrected chi connectivity index (χ2v) is 3.83. The maximum Gasteiger partial charge on any atom is 0.255 e. The Morgan fingerprint density at radius 1 is 1.41 bits per heavy atom. The minimum atomic E-state index is -0.255. The van der Waals surface area contributed by atoms with Gasteiger partial charge in [0.25, 0.3) is 5.91 Å². The van der Waals surface area contributed by atoms with Gasteiger partial charge in [0, 0.05) is 24.4 Å². The molecule has 0 bridgehead atoms. The van der Waals surface area contributed by atoms with Crippen LogP contribution in [0, 0.1) is 4.91 Å². The summed E-state index contributed by atoms with van der Waals surface area (Å²) in [6, 6.07) is 2.67. The lowest BCUT2D eigenvalue weighted by molar-refractivity contribution is 0.0944. The van der Waals surface area contributed by atoms with Crippen LogP contribution < -0.4 is 5.32 Å². The molecule has 0 unspecified atom stereocenters. The first-order chi connectivity index (χ1) is 8.20. The topological polar surface area (TPSA) is 91.9 Å². The fraction of sp³-hybridized carbons (Fsp3) is 0.182. The Kier molecular flexibility index (Phi) is 1.91. The molecule has 6 heteroatoms. The molecule has 0 saturated carbocycles. The van der Waals surface area contributed by atoms with Crippen molar-refractivity contribution in [2.75, 3.05) is 6.54 Å². The van der Waals surface area contributed by atoms with Crippen molar-refractivity contribution in [1.29, 1.82) is 0 Å². The van der Waals surface area contributed by atoms with Crippen molar-refractivity contribution in [2.24, 2.45) is 5.18 Å². The molecule has 2 heterocycles. The highest BCUT2D eigenvalue weighted by Crippen LogP contribution is 2.36. The third kappa shape index (κ3) is 1.30. The molecule has 6 nitrogen and oxygen atoms in total. The summed E-state index contributed by atoms with van der Waals surface area (Å²) in [5.74, 6) is 0.0943. The third-order valence-electron chi connectivity index (χ3n) is 2.82. The molecule has 0 saturated heterocycles. The SMILES string of the molecule is O=Nc1cc2oc3c(c2cc1O)C(=O)NCC3. The van der Waals surface area contributed by atoms with Crippen molar-refractivity contribution < 1.29 is 14.3 Å². The van der Waals surface area contributed by atoms with Crippen LogP contribution in [0.15, 0.2) is 21.7 Å². The molecule has 86 valence electrons. The Morgan fingerprint density at radius 3 is 3.00 bits per heavy atom. The number of furan rings is 1. The fourth-order valence-corrected chi connectivity index (χ4v) is 2.05. The molecular weight excluding hydrogens is 224 g/mol. The first-order valence-electron chi connectivity index (χ1n) is 5.10. The van der Waals surface area contributed by atoms with Gasteiger partial charge >= 0.3 is 0 Å². The highest BCUT2D eigenvalue weighted by Gasteiger charge is 2.25. The lowest BCUT2D eigenvalue weighted by atomic mass is 10.0. The van der Waals surface area contributed by atoms with E-state index in [9.17, 15) is 14.8 Å². The van der Waals surface area contributed by atoms with E-state index < -0.39 is 0 Å². The Morgan fingerprint density at radius 2 is 2.24 bits per heavy atom. The van der Waals surface area contributed by atoms with E-state index in [4.69, 9.17) is 4.42 Å². The Labute approximate surface area is 95.2 Å². The standard InChI is InChI=1S/C11H8N2O4/c14-7-3-5-9(4-6(7)13-16)17-8-1-2-12-11(15)10(5)8/h3-4,14H,1-2H2,(H,12,15). The fourth-order valence-electron chi connectivity index (χ4n) is 2.05. The molecule has 1 aliphatic heterocycles. The number of carbonyl (C=O) groups is 1. The Balaban J connectivity index is 2.36. The average Bonchev–Trinajstić information content (AvgIpc) is 2.66. The Hall–Kier alpha value is -2.37. The van der Waals surface area contributed by atoms with Gasteiger partial charge in [-0.1, -0.05) is 0 Å². The third-order valence-corrected chi connectivity index (χ3v) is 2.82. The van der Waals surface area contributed by atoms with E-state index in [0.717, 1.165) is 0 Å². The summed E-state index contributed by atoms with van der Waals surface area (Å²) in [4.78, 5) is 22.1. The zero-order chi connectivity index (χ0) is 12.0. The van der Waals surface area contributed by atoms with Crippen molar-refractivity contribution in [3.63, 3.8) is 0 Å².